The third kappa shape index (κ3) is 5.23. The number of aromatic nitrogens is 2. The standard InChI is InChI=1S/C10H18N6O/c1-8(7-17-2)14-10(15-11)12-6-9-4-3-5-13-16-9/h3-5,8H,6-7,11H2,1-2H3,(H2,12,14,15). The summed E-state index contributed by atoms with van der Waals surface area (Å²) >= 11 is 0. The van der Waals surface area contributed by atoms with Gasteiger partial charge in [-0.3, -0.25) is 5.43 Å². The van der Waals surface area contributed by atoms with E-state index >= 15 is 0 Å². The molecule has 4 N–H and O–H groups in total. The summed E-state index contributed by atoms with van der Waals surface area (Å²) in [5.41, 5.74) is 3.28. The van der Waals surface area contributed by atoms with Gasteiger partial charge in [0.05, 0.1) is 18.8 Å². The average Bonchev–Trinajstić information content (AvgIpc) is 2.36. The first kappa shape index (κ1) is 13.3. The molecular formula is C10H18N6O. The Morgan fingerprint density at radius 1 is 1.65 bits per heavy atom. The van der Waals surface area contributed by atoms with Crippen molar-refractivity contribution in [1.82, 2.24) is 20.9 Å². The van der Waals surface area contributed by atoms with Crippen LogP contribution >= 0.6 is 0 Å². The Hall–Kier alpha value is -1.73. The molecular weight excluding hydrogens is 220 g/mol. The van der Waals surface area contributed by atoms with Gasteiger partial charge in [0.2, 0.25) is 5.96 Å². The molecule has 1 aromatic rings. The maximum atomic E-state index is 5.36. The van der Waals surface area contributed by atoms with Crippen LogP contribution in [-0.4, -0.2) is 35.9 Å². The van der Waals surface area contributed by atoms with Crippen LogP contribution in [0.1, 0.15) is 12.6 Å². The van der Waals surface area contributed by atoms with E-state index in [9.17, 15) is 0 Å². The highest BCUT2D eigenvalue weighted by Gasteiger charge is 2.03. The van der Waals surface area contributed by atoms with E-state index in [0.717, 1.165) is 5.69 Å². The summed E-state index contributed by atoms with van der Waals surface area (Å²) in [4.78, 5) is 4.25. The molecule has 7 heteroatoms. The molecule has 0 aliphatic rings. The Morgan fingerprint density at radius 3 is 3.06 bits per heavy atom. The minimum absolute atomic E-state index is 0.122. The van der Waals surface area contributed by atoms with Crippen LogP contribution in [0.5, 0.6) is 0 Å². The van der Waals surface area contributed by atoms with Gasteiger partial charge in [-0.1, -0.05) is 0 Å². The molecule has 0 radical (unpaired) electrons. The highest BCUT2D eigenvalue weighted by atomic mass is 16.5. The molecule has 17 heavy (non-hydrogen) atoms. The third-order valence-electron chi connectivity index (χ3n) is 1.96. The second-order valence-electron chi connectivity index (χ2n) is 3.52. The second kappa shape index (κ2) is 7.53. The summed E-state index contributed by atoms with van der Waals surface area (Å²) in [5.74, 6) is 5.86. The zero-order valence-corrected chi connectivity index (χ0v) is 10.1. The number of aliphatic imine (C=N–C) groups is 1. The van der Waals surface area contributed by atoms with Gasteiger partial charge in [-0.15, -0.1) is 0 Å². The van der Waals surface area contributed by atoms with Crippen LogP contribution in [0.2, 0.25) is 0 Å². The lowest BCUT2D eigenvalue weighted by Crippen LogP contribution is -2.46. The molecule has 0 saturated carbocycles. The van der Waals surface area contributed by atoms with Gasteiger partial charge in [0.1, 0.15) is 0 Å². The van der Waals surface area contributed by atoms with Crippen LogP contribution in [0.3, 0.4) is 0 Å². The van der Waals surface area contributed by atoms with Gasteiger partial charge in [0.15, 0.2) is 0 Å². The van der Waals surface area contributed by atoms with E-state index in [0.29, 0.717) is 19.1 Å². The molecule has 7 nitrogen and oxygen atoms in total. The molecule has 0 bridgehead atoms. The molecule has 0 aromatic carbocycles. The number of guanidine groups is 1. The Bertz CT molecular complexity index is 342. The van der Waals surface area contributed by atoms with E-state index in [1.54, 1.807) is 13.3 Å². The lowest BCUT2D eigenvalue weighted by molar-refractivity contribution is 0.179. The number of nitrogens with one attached hydrogen (secondary N) is 2. The molecule has 0 aliphatic heterocycles. The van der Waals surface area contributed by atoms with Crippen LogP contribution in [0.25, 0.3) is 0 Å². The van der Waals surface area contributed by atoms with Gasteiger partial charge < -0.3 is 10.1 Å². The molecule has 1 rings (SSSR count). The van der Waals surface area contributed by atoms with E-state index in [1.807, 2.05) is 19.1 Å². The van der Waals surface area contributed by atoms with Gasteiger partial charge in [0.25, 0.3) is 0 Å². The lowest BCUT2D eigenvalue weighted by atomic mass is 10.4. The van der Waals surface area contributed by atoms with Crippen LogP contribution in [0.15, 0.2) is 23.3 Å². The first-order valence-electron chi connectivity index (χ1n) is 5.29. The van der Waals surface area contributed by atoms with Crippen molar-refractivity contribution in [3.63, 3.8) is 0 Å². The van der Waals surface area contributed by atoms with Crippen LogP contribution < -0.4 is 16.6 Å². The number of rotatable bonds is 5. The minimum atomic E-state index is 0.122. The predicted octanol–water partition coefficient (Wildman–Crippen LogP) is -0.580. The molecule has 94 valence electrons. The maximum absolute atomic E-state index is 5.36. The van der Waals surface area contributed by atoms with Crippen molar-refractivity contribution in [2.75, 3.05) is 13.7 Å². The first-order chi connectivity index (χ1) is 8.26. The molecule has 1 aromatic heterocycles. The van der Waals surface area contributed by atoms with E-state index in [4.69, 9.17) is 10.6 Å². The van der Waals surface area contributed by atoms with Crippen molar-refractivity contribution in [1.29, 1.82) is 0 Å². The van der Waals surface area contributed by atoms with E-state index in [2.05, 4.69) is 25.9 Å². The quantitative estimate of drug-likeness (QED) is 0.275. The van der Waals surface area contributed by atoms with Crippen LogP contribution in [-0.2, 0) is 11.3 Å². The Balaban J connectivity index is 2.49. The largest absolute Gasteiger partial charge is 0.383 e. The summed E-state index contributed by atoms with van der Waals surface area (Å²) in [6, 6.07) is 3.79. The number of nitrogens with zero attached hydrogens (tertiary/aromatic N) is 3. The molecule has 0 aliphatic carbocycles. The minimum Gasteiger partial charge on any atom is -0.383 e. The van der Waals surface area contributed by atoms with Gasteiger partial charge in [-0.25, -0.2) is 10.8 Å². The normalized spacial score (nSPS) is 13.2. The smallest absolute Gasteiger partial charge is 0.206 e. The number of methoxy groups -OCH3 is 1. The van der Waals surface area contributed by atoms with Gasteiger partial charge in [-0.2, -0.15) is 10.2 Å². The van der Waals surface area contributed by atoms with Crippen LogP contribution in [0.4, 0.5) is 0 Å². The monoisotopic (exact) mass is 238 g/mol. The topological polar surface area (TPSA) is 97.4 Å². The number of hydrazine groups is 1. The van der Waals surface area contributed by atoms with Crippen molar-refractivity contribution in [3.8, 4) is 0 Å². The van der Waals surface area contributed by atoms with Crippen molar-refractivity contribution in [2.24, 2.45) is 10.8 Å². The average molecular weight is 238 g/mol. The third-order valence-corrected chi connectivity index (χ3v) is 1.96. The predicted molar refractivity (Wildman–Crippen MR) is 65.0 cm³/mol. The summed E-state index contributed by atoms with van der Waals surface area (Å²) in [5, 5.41) is 10.8. The molecule has 0 saturated heterocycles. The highest BCUT2D eigenvalue weighted by Crippen LogP contribution is 1.93. The Morgan fingerprint density at radius 2 is 2.47 bits per heavy atom. The van der Waals surface area contributed by atoms with Crippen molar-refractivity contribution >= 4 is 5.96 Å². The number of hydrogen-bond donors (Lipinski definition) is 3. The molecule has 0 spiro atoms. The molecule has 0 fully saturated rings. The summed E-state index contributed by atoms with van der Waals surface area (Å²) < 4.78 is 5.00. The Kier molecular flexibility index (Phi) is 5.91. The molecule has 0 amide bonds. The lowest BCUT2D eigenvalue weighted by Gasteiger charge is -2.15. The highest BCUT2D eigenvalue weighted by molar-refractivity contribution is 5.79. The fourth-order valence-electron chi connectivity index (χ4n) is 1.24. The van der Waals surface area contributed by atoms with Gasteiger partial charge in [0, 0.05) is 19.3 Å². The summed E-state index contributed by atoms with van der Waals surface area (Å²) in [7, 11) is 1.64. The second-order valence-corrected chi connectivity index (χ2v) is 3.52. The van der Waals surface area contributed by atoms with Gasteiger partial charge >= 0.3 is 0 Å². The number of nitrogens with two attached hydrogens (primary N) is 1. The molecule has 1 unspecified atom stereocenters. The van der Waals surface area contributed by atoms with E-state index in [-0.39, 0.29) is 6.04 Å². The van der Waals surface area contributed by atoms with Crippen LogP contribution in [0, 0.1) is 0 Å². The Labute approximate surface area is 100 Å². The summed E-state index contributed by atoms with van der Waals surface area (Å²) in [6.07, 6.45) is 1.62. The fourth-order valence-corrected chi connectivity index (χ4v) is 1.24. The zero-order valence-electron chi connectivity index (χ0n) is 10.1. The maximum Gasteiger partial charge on any atom is 0.206 e. The molecule has 1 atom stereocenters. The first-order valence-corrected chi connectivity index (χ1v) is 5.29. The zero-order chi connectivity index (χ0) is 12.5. The summed E-state index contributed by atoms with van der Waals surface area (Å²) in [6.45, 7) is 2.96. The molecule has 1 heterocycles. The SMILES string of the molecule is COCC(C)NC(=NCc1cccnn1)NN. The van der Waals surface area contributed by atoms with Crippen molar-refractivity contribution in [2.45, 2.75) is 19.5 Å². The van der Waals surface area contributed by atoms with Gasteiger partial charge in [-0.05, 0) is 19.1 Å². The van der Waals surface area contributed by atoms with E-state index in [1.165, 1.54) is 0 Å². The fraction of sp³-hybridized carbons (Fsp3) is 0.500. The number of hydrogen-bond acceptors (Lipinski definition) is 5. The van der Waals surface area contributed by atoms with Crippen molar-refractivity contribution in [3.05, 3.63) is 24.0 Å². The van der Waals surface area contributed by atoms with Crippen molar-refractivity contribution < 1.29 is 4.74 Å². The number of ether oxygens (including phenoxy) is 1. The van der Waals surface area contributed by atoms with E-state index < -0.39 is 0 Å².